The van der Waals surface area contributed by atoms with Crippen molar-refractivity contribution < 1.29 is 24.6 Å². The van der Waals surface area contributed by atoms with Gasteiger partial charge in [0.05, 0.1) is 39.9 Å². The van der Waals surface area contributed by atoms with Crippen LogP contribution in [0.4, 0.5) is 5.69 Å². The number of rotatable bonds is 8. The van der Waals surface area contributed by atoms with Crippen molar-refractivity contribution in [3.8, 4) is 0 Å². The van der Waals surface area contributed by atoms with Crippen LogP contribution in [-0.2, 0) is 14.4 Å². The van der Waals surface area contributed by atoms with Gasteiger partial charge in [-0.2, -0.15) is 0 Å². The number of carboxylic acids is 1. The van der Waals surface area contributed by atoms with Gasteiger partial charge in [0, 0.05) is 11.8 Å². The van der Waals surface area contributed by atoms with Gasteiger partial charge in [-0.15, -0.1) is 18.3 Å². The zero-order valence-electron chi connectivity index (χ0n) is 19.6. The van der Waals surface area contributed by atoms with E-state index >= 15 is 0 Å². The normalized spacial score (nSPS) is 30.5. The first-order valence-electron chi connectivity index (χ1n) is 11.6. The molecule has 34 heavy (non-hydrogen) atoms. The minimum absolute atomic E-state index is 0.125. The molecule has 3 aliphatic rings. The van der Waals surface area contributed by atoms with E-state index in [1.807, 2.05) is 32.9 Å². The lowest BCUT2D eigenvalue weighted by Crippen LogP contribution is -2.58. The first-order chi connectivity index (χ1) is 16.1. The average Bonchev–Trinajstić information content (AvgIpc) is 3.41. The molecule has 0 aromatic heterocycles. The Balaban J connectivity index is 1.88. The fraction of sp³-hybridized carbons (Fsp3) is 0.560. The summed E-state index contributed by atoms with van der Waals surface area (Å²) < 4.78 is -0.848. The van der Waals surface area contributed by atoms with Crippen LogP contribution in [0.25, 0.3) is 0 Å². The monoisotopic (exact) mass is 506 g/mol. The number of aliphatic hydroxyl groups excluding tert-OH is 1. The summed E-state index contributed by atoms with van der Waals surface area (Å²) in [6, 6.07) is 3.88. The Morgan fingerprint density at radius 1 is 1.41 bits per heavy atom. The average molecular weight is 507 g/mol. The molecule has 1 spiro atoms. The van der Waals surface area contributed by atoms with Crippen LogP contribution in [0.5, 0.6) is 0 Å². The Bertz CT molecular complexity index is 1010. The Hall–Kier alpha value is -2.03. The highest BCUT2D eigenvalue weighted by atomic mass is 35.5. The maximum Gasteiger partial charge on any atom is 0.308 e. The van der Waals surface area contributed by atoms with E-state index in [0.717, 1.165) is 5.56 Å². The third-order valence-electron chi connectivity index (χ3n) is 7.61. The van der Waals surface area contributed by atoms with Crippen molar-refractivity contribution >= 4 is 46.8 Å². The van der Waals surface area contributed by atoms with Crippen molar-refractivity contribution in [3.05, 3.63) is 41.4 Å². The number of amides is 2. The molecule has 0 radical (unpaired) electrons. The fourth-order valence-corrected chi connectivity index (χ4v) is 8.68. The summed E-state index contributed by atoms with van der Waals surface area (Å²) in [6.45, 7) is 9.33. The lowest BCUT2D eigenvalue weighted by molar-refractivity contribution is -0.149. The summed E-state index contributed by atoms with van der Waals surface area (Å²) >= 11 is 8.01. The van der Waals surface area contributed by atoms with Crippen LogP contribution in [0.2, 0.25) is 5.02 Å². The van der Waals surface area contributed by atoms with E-state index in [1.54, 1.807) is 17.0 Å². The van der Waals surface area contributed by atoms with Gasteiger partial charge in [-0.1, -0.05) is 43.7 Å². The molecular formula is C25H31ClN2O5S. The van der Waals surface area contributed by atoms with Crippen molar-refractivity contribution in [3.63, 3.8) is 0 Å². The molecule has 1 aromatic rings. The molecule has 3 aliphatic heterocycles. The minimum atomic E-state index is -1.000. The van der Waals surface area contributed by atoms with Crippen LogP contribution in [-0.4, -0.2) is 68.1 Å². The highest BCUT2D eigenvalue weighted by molar-refractivity contribution is 8.02. The molecule has 6 atom stereocenters. The van der Waals surface area contributed by atoms with Crippen molar-refractivity contribution in [1.82, 2.24) is 4.90 Å². The molecule has 0 saturated carbocycles. The smallest absolute Gasteiger partial charge is 0.308 e. The Kier molecular flexibility index (Phi) is 6.79. The first-order valence-corrected chi connectivity index (χ1v) is 12.9. The number of benzene rings is 1. The number of likely N-dealkylation sites (tertiary alicyclic amines) is 1. The van der Waals surface area contributed by atoms with Crippen LogP contribution >= 0.6 is 23.4 Å². The van der Waals surface area contributed by atoms with E-state index in [4.69, 9.17) is 11.6 Å². The van der Waals surface area contributed by atoms with Crippen molar-refractivity contribution in [2.24, 2.45) is 17.8 Å². The van der Waals surface area contributed by atoms with Gasteiger partial charge in [-0.25, -0.2) is 0 Å². The van der Waals surface area contributed by atoms with E-state index < -0.39 is 34.6 Å². The summed E-state index contributed by atoms with van der Waals surface area (Å²) in [6.07, 6.45) is 2.83. The van der Waals surface area contributed by atoms with Gasteiger partial charge in [0.2, 0.25) is 5.91 Å². The number of carboxylic acid groups (broad SMARTS) is 1. The number of aliphatic carboxylic acids is 1. The number of hydrogen-bond acceptors (Lipinski definition) is 5. The van der Waals surface area contributed by atoms with Crippen molar-refractivity contribution in [2.45, 2.75) is 55.7 Å². The quantitative estimate of drug-likeness (QED) is 0.525. The number of carbonyl (C=O) groups is 3. The molecule has 4 rings (SSSR count). The Morgan fingerprint density at radius 2 is 2.12 bits per heavy atom. The van der Waals surface area contributed by atoms with Gasteiger partial charge in [0.25, 0.3) is 5.91 Å². The molecule has 3 heterocycles. The second kappa shape index (κ2) is 9.21. The second-order valence-electron chi connectivity index (χ2n) is 9.78. The number of aliphatic hydroxyl groups is 1. The van der Waals surface area contributed by atoms with Crippen LogP contribution in [0.3, 0.4) is 0 Å². The standard InChI is InChI=1S/C25H31ClN2O5S/c1-5-11-27(20-14(4)7-6-8-15(20)26)23(31)21-25-10-9-17(34-25)18(24(32)33)19(25)22(30)28(21)16(12-29)13(2)3/h5-8,13,16-19,21,29H,1,9-12H2,2-4H3,(H,32,33)/t16-,17+,18-,19-,21?,25?/m0/s1. The van der Waals surface area contributed by atoms with Crippen LogP contribution in [0.1, 0.15) is 32.3 Å². The third kappa shape index (κ3) is 3.57. The maximum absolute atomic E-state index is 14.4. The highest BCUT2D eigenvalue weighted by Crippen LogP contribution is 2.67. The molecule has 0 aliphatic carbocycles. The molecule has 9 heteroatoms. The molecule has 7 nitrogen and oxygen atoms in total. The molecule has 3 fully saturated rings. The van der Waals surface area contributed by atoms with E-state index in [9.17, 15) is 24.6 Å². The number of thioether (sulfide) groups is 1. The number of nitrogens with zero attached hydrogens (tertiary/aromatic N) is 2. The predicted octanol–water partition coefficient (Wildman–Crippen LogP) is 3.36. The molecular weight excluding hydrogens is 476 g/mol. The summed E-state index contributed by atoms with van der Waals surface area (Å²) in [7, 11) is 0. The number of carbonyl (C=O) groups excluding carboxylic acids is 2. The van der Waals surface area contributed by atoms with E-state index in [0.29, 0.717) is 23.6 Å². The van der Waals surface area contributed by atoms with Gasteiger partial charge in [-0.05, 0) is 37.3 Å². The second-order valence-corrected chi connectivity index (χ2v) is 11.8. The predicted molar refractivity (Wildman–Crippen MR) is 133 cm³/mol. The summed E-state index contributed by atoms with van der Waals surface area (Å²) in [4.78, 5) is 43.6. The lowest BCUT2D eigenvalue weighted by atomic mass is 9.71. The van der Waals surface area contributed by atoms with Crippen LogP contribution < -0.4 is 4.90 Å². The largest absolute Gasteiger partial charge is 0.481 e. The fourth-order valence-electron chi connectivity index (χ4n) is 6.16. The summed E-state index contributed by atoms with van der Waals surface area (Å²) in [5.74, 6) is -3.42. The Labute approximate surface area is 209 Å². The maximum atomic E-state index is 14.4. The number of halogens is 1. The summed E-state index contributed by atoms with van der Waals surface area (Å²) in [5.41, 5.74) is 1.36. The molecule has 2 amide bonds. The SMILES string of the molecule is C=CCN(C(=O)C1N([C@@H](CO)C(C)C)C(=O)[C@@H]2[C@@H](C(=O)O)[C@H]3CCC12S3)c1c(C)cccc1Cl. The van der Waals surface area contributed by atoms with Gasteiger partial charge >= 0.3 is 5.97 Å². The highest BCUT2D eigenvalue weighted by Gasteiger charge is 2.74. The van der Waals surface area contributed by atoms with E-state index in [-0.39, 0.29) is 36.1 Å². The van der Waals surface area contributed by atoms with E-state index in [2.05, 4.69) is 6.58 Å². The number of hydrogen-bond donors (Lipinski definition) is 2. The topological polar surface area (TPSA) is 98.2 Å². The molecule has 3 saturated heterocycles. The number of fused-ring (bicyclic) bond motifs is 1. The molecule has 184 valence electrons. The molecule has 1 aromatic carbocycles. The van der Waals surface area contributed by atoms with Crippen molar-refractivity contribution in [2.75, 3.05) is 18.1 Å². The zero-order valence-corrected chi connectivity index (χ0v) is 21.2. The number of aryl methyl sites for hydroxylation is 1. The Morgan fingerprint density at radius 3 is 2.68 bits per heavy atom. The van der Waals surface area contributed by atoms with E-state index in [1.165, 1.54) is 16.7 Å². The van der Waals surface area contributed by atoms with Gasteiger partial charge in [0.15, 0.2) is 0 Å². The lowest BCUT2D eigenvalue weighted by Gasteiger charge is -2.41. The number of para-hydroxylation sites is 1. The summed E-state index contributed by atoms with van der Waals surface area (Å²) in [5, 5.41) is 20.5. The number of anilines is 1. The van der Waals surface area contributed by atoms with Crippen molar-refractivity contribution in [1.29, 1.82) is 0 Å². The first kappa shape index (κ1) is 25.1. The van der Waals surface area contributed by atoms with Gasteiger partial charge < -0.3 is 20.0 Å². The molecule has 2 unspecified atom stereocenters. The zero-order chi connectivity index (χ0) is 24.9. The van der Waals surface area contributed by atoms with Gasteiger partial charge in [0.1, 0.15) is 6.04 Å². The minimum Gasteiger partial charge on any atom is -0.481 e. The molecule has 2 N–H and O–H groups in total. The van der Waals surface area contributed by atoms with Crippen LogP contribution in [0, 0.1) is 24.7 Å². The van der Waals surface area contributed by atoms with Gasteiger partial charge in [-0.3, -0.25) is 14.4 Å². The third-order valence-corrected chi connectivity index (χ3v) is 9.86. The molecule has 2 bridgehead atoms. The van der Waals surface area contributed by atoms with Crippen LogP contribution in [0.15, 0.2) is 30.9 Å².